The van der Waals surface area contributed by atoms with E-state index in [-0.39, 0.29) is 6.04 Å². The molecule has 0 saturated carbocycles. The van der Waals surface area contributed by atoms with E-state index in [9.17, 15) is 8.42 Å². The van der Waals surface area contributed by atoms with Crippen LogP contribution in [0.15, 0.2) is 18.2 Å². The van der Waals surface area contributed by atoms with Gasteiger partial charge in [0.05, 0.1) is 14.2 Å². The first kappa shape index (κ1) is 18.0. The van der Waals surface area contributed by atoms with Gasteiger partial charge in [-0.05, 0) is 44.9 Å². The van der Waals surface area contributed by atoms with Gasteiger partial charge < -0.3 is 9.47 Å². The Bertz CT molecular complexity index is 633. The van der Waals surface area contributed by atoms with Crippen molar-refractivity contribution in [2.24, 2.45) is 0 Å². The fourth-order valence-electron chi connectivity index (χ4n) is 2.96. The molecule has 1 aromatic rings. The van der Waals surface area contributed by atoms with Crippen molar-refractivity contribution >= 4 is 10.2 Å². The first-order valence-corrected chi connectivity index (χ1v) is 9.34. The zero-order chi connectivity index (χ0) is 17.0. The lowest BCUT2D eigenvalue weighted by Crippen LogP contribution is -2.48. The SMILES string of the molecule is COc1ccc(OC)c([C@H](C)NS(=O)(=O)N2CCCC[C@H]2C)c1. The fraction of sp³-hybridized carbons (Fsp3) is 0.625. The van der Waals surface area contributed by atoms with Gasteiger partial charge in [-0.2, -0.15) is 17.4 Å². The molecular weight excluding hydrogens is 316 g/mol. The third-order valence-electron chi connectivity index (χ3n) is 4.28. The average Bonchev–Trinajstić information content (AvgIpc) is 2.54. The summed E-state index contributed by atoms with van der Waals surface area (Å²) in [6.07, 6.45) is 2.88. The van der Waals surface area contributed by atoms with Gasteiger partial charge in [-0.3, -0.25) is 0 Å². The maximum atomic E-state index is 12.7. The Balaban J connectivity index is 2.22. The Labute approximate surface area is 139 Å². The normalized spacial score (nSPS) is 21.0. The third-order valence-corrected chi connectivity index (χ3v) is 6.09. The van der Waals surface area contributed by atoms with Crippen LogP contribution < -0.4 is 14.2 Å². The van der Waals surface area contributed by atoms with Gasteiger partial charge in [-0.1, -0.05) is 6.42 Å². The molecule has 0 aromatic heterocycles. The van der Waals surface area contributed by atoms with E-state index in [1.165, 1.54) is 0 Å². The molecule has 2 atom stereocenters. The summed E-state index contributed by atoms with van der Waals surface area (Å²) < 4.78 is 40.2. The second kappa shape index (κ2) is 7.51. The van der Waals surface area contributed by atoms with Crippen LogP contribution in [0.3, 0.4) is 0 Å². The summed E-state index contributed by atoms with van der Waals surface area (Å²) in [5, 5.41) is 0. The van der Waals surface area contributed by atoms with Crippen molar-refractivity contribution in [3.8, 4) is 11.5 Å². The molecule has 0 amide bonds. The second-order valence-electron chi connectivity index (χ2n) is 5.91. The highest BCUT2D eigenvalue weighted by molar-refractivity contribution is 7.87. The van der Waals surface area contributed by atoms with Gasteiger partial charge >= 0.3 is 0 Å². The highest BCUT2D eigenvalue weighted by atomic mass is 32.2. The van der Waals surface area contributed by atoms with Gasteiger partial charge in [0.1, 0.15) is 11.5 Å². The first-order chi connectivity index (χ1) is 10.9. The molecule has 23 heavy (non-hydrogen) atoms. The highest BCUT2D eigenvalue weighted by Gasteiger charge is 2.31. The third kappa shape index (κ3) is 4.16. The molecule has 0 aliphatic carbocycles. The lowest BCUT2D eigenvalue weighted by molar-refractivity contribution is 0.264. The van der Waals surface area contributed by atoms with Gasteiger partial charge in [0.25, 0.3) is 10.2 Å². The molecule has 0 radical (unpaired) electrons. The van der Waals surface area contributed by atoms with Crippen LogP contribution in [0.2, 0.25) is 0 Å². The fourth-order valence-corrected chi connectivity index (χ4v) is 4.62. The largest absolute Gasteiger partial charge is 0.497 e. The monoisotopic (exact) mass is 342 g/mol. The van der Waals surface area contributed by atoms with Crippen LogP contribution >= 0.6 is 0 Å². The number of nitrogens with one attached hydrogen (secondary N) is 1. The Hall–Kier alpha value is -1.31. The van der Waals surface area contributed by atoms with E-state index in [0.29, 0.717) is 18.0 Å². The summed E-state index contributed by atoms with van der Waals surface area (Å²) in [4.78, 5) is 0. The van der Waals surface area contributed by atoms with Gasteiger partial charge in [-0.15, -0.1) is 0 Å². The molecule has 1 saturated heterocycles. The van der Waals surface area contributed by atoms with E-state index in [1.54, 1.807) is 36.7 Å². The van der Waals surface area contributed by atoms with E-state index in [0.717, 1.165) is 24.8 Å². The summed E-state index contributed by atoms with van der Waals surface area (Å²) in [5.74, 6) is 1.30. The lowest BCUT2D eigenvalue weighted by Gasteiger charge is -2.33. The van der Waals surface area contributed by atoms with E-state index in [4.69, 9.17) is 9.47 Å². The van der Waals surface area contributed by atoms with Crippen molar-refractivity contribution in [3.63, 3.8) is 0 Å². The number of hydrogen-bond acceptors (Lipinski definition) is 4. The molecule has 0 spiro atoms. The number of ether oxygens (including phenoxy) is 2. The topological polar surface area (TPSA) is 67.9 Å². The summed E-state index contributed by atoms with van der Waals surface area (Å²) in [6, 6.07) is 4.98. The molecule has 1 aromatic carbocycles. The molecule has 1 aliphatic heterocycles. The lowest BCUT2D eigenvalue weighted by atomic mass is 10.1. The number of piperidine rings is 1. The van der Waals surface area contributed by atoms with Crippen molar-refractivity contribution < 1.29 is 17.9 Å². The summed E-state index contributed by atoms with van der Waals surface area (Å²) >= 11 is 0. The van der Waals surface area contributed by atoms with E-state index < -0.39 is 16.3 Å². The first-order valence-electron chi connectivity index (χ1n) is 7.90. The van der Waals surface area contributed by atoms with Crippen molar-refractivity contribution in [3.05, 3.63) is 23.8 Å². The summed E-state index contributed by atoms with van der Waals surface area (Å²) in [5.41, 5.74) is 0.750. The van der Waals surface area contributed by atoms with Crippen LogP contribution in [0.1, 0.15) is 44.7 Å². The quantitative estimate of drug-likeness (QED) is 0.862. The van der Waals surface area contributed by atoms with Gasteiger partial charge in [0, 0.05) is 24.2 Å². The van der Waals surface area contributed by atoms with Crippen LogP contribution in [0.25, 0.3) is 0 Å². The van der Waals surface area contributed by atoms with Crippen LogP contribution in [0.5, 0.6) is 11.5 Å². The maximum absolute atomic E-state index is 12.7. The second-order valence-corrected chi connectivity index (χ2v) is 7.56. The number of methoxy groups -OCH3 is 2. The van der Waals surface area contributed by atoms with Crippen LogP contribution in [-0.2, 0) is 10.2 Å². The molecule has 7 heteroatoms. The van der Waals surface area contributed by atoms with E-state index >= 15 is 0 Å². The Morgan fingerprint density at radius 2 is 2.00 bits per heavy atom. The molecule has 0 bridgehead atoms. The van der Waals surface area contributed by atoms with Crippen molar-refractivity contribution in [1.29, 1.82) is 0 Å². The van der Waals surface area contributed by atoms with E-state index in [1.807, 2.05) is 13.8 Å². The predicted molar refractivity (Wildman–Crippen MR) is 90.0 cm³/mol. The van der Waals surface area contributed by atoms with Crippen LogP contribution in [0, 0.1) is 0 Å². The molecule has 1 aliphatic rings. The summed E-state index contributed by atoms with van der Waals surface area (Å²) in [6.45, 7) is 4.33. The molecule has 1 N–H and O–H groups in total. The molecule has 1 fully saturated rings. The number of nitrogens with zero attached hydrogens (tertiary/aromatic N) is 1. The highest BCUT2D eigenvalue weighted by Crippen LogP contribution is 2.30. The van der Waals surface area contributed by atoms with Crippen molar-refractivity contribution in [1.82, 2.24) is 9.03 Å². The van der Waals surface area contributed by atoms with Crippen LogP contribution in [-0.4, -0.2) is 39.5 Å². The predicted octanol–water partition coefficient (Wildman–Crippen LogP) is 2.47. The van der Waals surface area contributed by atoms with Crippen molar-refractivity contribution in [2.45, 2.75) is 45.2 Å². The Kier molecular flexibility index (Phi) is 5.89. The zero-order valence-corrected chi connectivity index (χ0v) is 15.0. The van der Waals surface area contributed by atoms with Gasteiger partial charge in [0.2, 0.25) is 0 Å². The Morgan fingerprint density at radius 3 is 2.61 bits per heavy atom. The zero-order valence-electron chi connectivity index (χ0n) is 14.2. The number of benzene rings is 1. The number of rotatable bonds is 6. The number of hydrogen-bond donors (Lipinski definition) is 1. The molecule has 130 valence electrons. The molecule has 2 rings (SSSR count). The van der Waals surface area contributed by atoms with Gasteiger partial charge in [0.15, 0.2) is 0 Å². The smallest absolute Gasteiger partial charge is 0.280 e. The molecular formula is C16H26N2O4S. The Morgan fingerprint density at radius 1 is 1.26 bits per heavy atom. The molecule has 0 unspecified atom stereocenters. The van der Waals surface area contributed by atoms with Crippen molar-refractivity contribution in [2.75, 3.05) is 20.8 Å². The maximum Gasteiger partial charge on any atom is 0.280 e. The van der Waals surface area contributed by atoms with Crippen LogP contribution in [0.4, 0.5) is 0 Å². The van der Waals surface area contributed by atoms with E-state index in [2.05, 4.69) is 4.72 Å². The van der Waals surface area contributed by atoms with Gasteiger partial charge in [-0.25, -0.2) is 0 Å². The average molecular weight is 342 g/mol. The molecule has 6 nitrogen and oxygen atoms in total. The summed E-state index contributed by atoms with van der Waals surface area (Å²) in [7, 11) is -0.390. The minimum absolute atomic E-state index is 0.0284. The standard InChI is InChI=1S/C16H26N2O4S/c1-12-7-5-6-10-18(12)23(19,20)17-13(2)15-11-14(21-3)8-9-16(15)22-4/h8-9,11-13,17H,5-7,10H2,1-4H3/t12-,13+/m1/s1. The molecule has 1 heterocycles. The minimum Gasteiger partial charge on any atom is -0.497 e. The minimum atomic E-state index is -3.54.